The quantitative estimate of drug-likeness (QED) is 0.485. The van der Waals surface area contributed by atoms with Crippen molar-refractivity contribution in [3.05, 3.63) is 62.9 Å². The maximum Gasteiger partial charge on any atom is 0.206 e. The smallest absolute Gasteiger partial charge is 0.206 e. The molecule has 4 rings (SSSR count). The summed E-state index contributed by atoms with van der Waals surface area (Å²) in [6.45, 7) is 2.74. The molecule has 0 bridgehead atoms. The van der Waals surface area contributed by atoms with Crippen molar-refractivity contribution in [2.75, 3.05) is 6.54 Å². The SMILES string of the molecule is CCN=c1scc(-c2cc3ccccc3o2)n1N=Cc1ccsc1. The van der Waals surface area contributed by atoms with Gasteiger partial charge in [-0.2, -0.15) is 16.4 Å². The Kier molecular flexibility index (Phi) is 4.15. The lowest BCUT2D eigenvalue weighted by atomic mass is 10.2. The third-order valence-electron chi connectivity index (χ3n) is 3.52. The summed E-state index contributed by atoms with van der Waals surface area (Å²) in [7, 11) is 0. The van der Waals surface area contributed by atoms with Crippen LogP contribution in [0.5, 0.6) is 0 Å². The predicted molar refractivity (Wildman–Crippen MR) is 101 cm³/mol. The highest BCUT2D eigenvalue weighted by Gasteiger charge is 2.12. The molecule has 0 saturated heterocycles. The largest absolute Gasteiger partial charge is 0.454 e. The van der Waals surface area contributed by atoms with E-state index in [0.717, 1.165) is 32.8 Å². The van der Waals surface area contributed by atoms with E-state index in [9.17, 15) is 0 Å². The monoisotopic (exact) mass is 353 g/mol. The van der Waals surface area contributed by atoms with Crippen LogP contribution in [0.15, 0.2) is 67.0 Å². The molecule has 120 valence electrons. The zero-order valence-electron chi connectivity index (χ0n) is 13.0. The predicted octanol–water partition coefficient (Wildman–Crippen LogP) is 4.83. The molecule has 0 aliphatic rings. The van der Waals surface area contributed by atoms with Gasteiger partial charge in [-0.25, -0.2) is 4.68 Å². The first-order valence-electron chi connectivity index (χ1n) is 7.61. The molecule has 0 N–H and O–H groups in total. The van der Waals surface area contributed by atoms with Gasteiger partial charge in [-0.15, -0.1) is 11.3 Å². The van der Waals surface area contributed by atoms with Crippen LogP contribution in [0.2, 0.25) is 0 Å². The van der Waals surface area contributed by atoms with Crippen molar-refractivity contribution in [1.82, 2.24) is 4.68 Å². The van der Waals surface area contributed by atoms with E-state index < -0.39 is 0 Å². The van der Waals surface area contributed by atoms with Crippen LogP contribution in [0.1, 0.15) is 12.5 Å². The third kappa shape index (κ3) is 2.86. The van der Waals surface area contributed by atoms with E-state index in [2.05, 4.69) is 15.5 Å². The van der Waals surface area contributed by atoms with Crippen LogP contribution < -0.4 is 4.80 Å². The Morgan fingerprint density at radius 3 is 2.92 bits per heavy atom. The molecule has 0 amide bonds. The number of thiophene rings is 1. The lowest BCUT2D eigenvalue weighted by Gasteiger charge is -1.99. The van der Waals surface area contributed by atoms with Gasteiger partial charge in [-0.1, -0.05) is 18.2 Å². The molecular formula is C18H15N3OS2. The summed E-state index contributed by atoms with van der Waals surface area (Å²) in [4.78, 5) is 5.40. The van der Waals surface area contributed by atoms with Crippen molar-refractivity contribution >= 4 is 39.9 Å². The zero-order valence-corrected chi connectivity index (χ0v) is 14.7. The number of aromatic nitrogens is 1. The maximum absolute atomic E-state index is 6.00. The number of fused-ring (bicyclic) bond motifs is 1. The maximum atomic E-state index is 6.00. The van der Waals surface area contributed by atoms with Crippen molar-refractivity contribution in [1.29, 1.82) is 0 Å². The molecule has 0 unspecified atom stereocenters. The minimum absolute atomic E-state index is 0.716. The van der Waals surface area contributed by atoms with E-state index >= 15 is 0 Å². The fraction of sp³-hybridized carbons (Fsp3) is 0.111. The summed E-state index contributed by atoms with van der Waals surface area (Å²) in [5.74, 6) is 0.799. The number of nitrogens with zero attached hydrogens (tertiary/aromatic N) is 3. The summed E-state index contributed by atoms with van der Waals surface area (Å²) in [6, 6.07) is 12.1. The number of hydrogen-bond donors (Lipinski definition) is 0. The van der Waals surface area contributed by atoms with E-state index in [4.69, 9.17) is 4.42 Å². The number of benzene rings is 1. The fourth-order valence-corrected chi connectivity index (χ4v) is 3.90. The van der Waals surface area contributed by atoms with Gasteiger partial charge in [0.1, 0.15) is 11.3 Å². The molecule has 0 spiro atoms. The Bertz CT molecular complexity index is 1020. The standard InChI is InChI=1S/C18H15N3OS2/c1-2-19-18-21(20-10-13-7-8-23-11-13)15(12-24-18)17-9-14-5-3-4-6-16(14)22-17/h3-12H,2H2,1H3. The van der Waals surface area contributed by atoms with Crippen LogP contribution in [0.3, 0.4) is 0 Å². The molecule has 0 radical (unpaired) electrons. The number of thiazole rings is 1. The van der Waals surface area contributed by atoms with E-state index in [-0.39, 0.29) is 0 Å². The van der Waals surface area contributed by atoms with E-state index in [0.29, 0.717) is 6.54 Å². The molecule has 0 fully saturated rings. The van der Waals surface area contributed by atoms with Gasteiger partial charge in [-0.3, -0.25) is 4.99 Å². The van der Waals surface area contributed by atoms with Gasteiger partial charge in [0.25, 0.3) is 0 Å². The number of rotatable bonds is 4. The second-order valence-electron chi connectivity index (χ2n) is 5.14. The minimum Gasteiger partial charge on any atom is -0.454 e. The first-order valence-corrected chi connectivity index (χ1v) is 9.44. The summed E-state index contributed by atoms with van der Waals surface area (Å²) in [5, 5.41) is 11.9. The average Bonchev–Trinajstić information content (AvgIpc) is 3.32. The molecule has 0 aliphatic carbocycles. The first kappa shape index (κ1) is 15.1. The highest BCUT2D eigenvalue weighted by molar-refractivity contribution is 7.08. The highest BCUT2D eigenvalue weighted by Crippen LogP contribution is 2.28. The van der Waals surface area contributed by atoms with Gasteiger partial charge in [0.05, 0.1) is 6.21 Å². The lowest BCUT2D eigenvalue weighted by Crippen LogP contribution is -2.12. The van der Waals surface area contributed by atoms with Crippen LogP contribution >= 0.6 is 22.7 Å². The van der Waals surface area contributed by atoms with Crippen LogP contribution in [-0.4, -0.2) is 17.4 Å². The zero-order chi connectivity index (χ0) is 16.4. The molecule has 3 heterocycles. The fourth-order valence-electron chi connectivity index (χ4n) is 2.41. The van der Waals surface area contributed by atoms with E-state index in [1.54, 1.807) is 22.7 Å². The average molecular weight is 353 g/mol. The molecule has 3 aromatic heterocycles. The van der Waals surface area contributed by atoms with E-state index in [1.807, 2.05) is 65.0 Å². The Morgan fingerprint density at radius 1 is 1.21 bits per heavy atom. The van der Waals surface area contributed by atoms with Gasteiger partial charge in [0, 0.05) is 22.9 Å². The summed E-state index contributed by atoms with van der Waals surface area (Å²) < 4.78 is 7.85. The van der Waals surface area contributed by atoms with Crippen molar-refractivity contribution in [3.63, 3.8) is 0 Å². The summed E-state index contributed by atoms with van der Waals surface area (Å²) in [5.41, 5.74) is 2.87. The molecule has 4 aromatic rings. The Morgan fingerprint density at radius 2 is 2.12 bits per heavy atom. The topological polar surface area (TPSA) is 42.8 Å². The normalized spacial score (nSPS) is 12.6. The molecule has 0 saturated carbocycles. The molecular weight excluding hydrogens is 338 g/mol. The summed E-state index contributed by atoms with van der Waals surface area (Å²) >= 11 is 3.22. The highest BCUT2D eigenvalue weighted by atomic mass is 32.1. The second kappa shape index (κ2) is 6.59. The number of furan rings is 1. The van der Waals surface area contributed by atoms with Gasteiger partial charge in [0.15, 0.2) is 5.76 Å². The van der Waals surface area contributed by atoms with Crippen molar-refractivity contribution in [3.8, 4) is 11.5 Å². The third-order valence-corrected chi connectivity index (χ3v) is 5.08. The first-order chi connectivity index (χ1) is 11.8. The van der Waals surface area contributed by atoms with Gasteiger partial charge >= 0.3 is 0 Å². The van der Waals surface area contributed by atoms with Crippen molar-refractivity contribution < 1.29 is 4.42 Å². The van der Waals surface area contributed by atoms with Crippen molar-refractivity contribution in [2.45, 2.75) is 6.92 Å². The lowest BCUT2D eigenvalue weighted by molar-refractivity contribution is 0.621. The van der Waals surface area contributed by atoms with Gasteiger partial charge in [-0.05, 0) is 35.9 Å². The molecule has 0 aliphatic heterocycles. The molecule has 1 aromatic carbocycles. The van der Waals surface area contributed by atoms with Gasteiger partial charge < -0.3 is 4.42 Å². The van der Waals surface area contributed by atoms with Crippen LogP contribution in [0.4, 0.5) is 0 Å². The van der Waals surface area contributed by atoms with Crippen LogP contribution in [0.25, 0.3) is 22.4 Å². The molecule has 0 atom stereocenters. The van der Waals surface area contributed by atoms with Crippen LogP contribution in [0, 0.1) is 0 Å². The van der Waals surface area contributed by atoms with Gasteiger partial charge in [0.2, 0.25) is 4.80 Å². The molecule has 4 nitrogen and oxygen atoms in total. The second-order valence-corrected chi connectivity index (χ2v) is 6.76. The van der Waals surface area contributed by atoms with E-state index in [1.165, 1.54) is 0 Å². The Labute approximate surface area is 147 Å². The Hall–Kier alpha value is -2.44. The molecule has 6 heteroatoms. The van der Waals surface area contributed by atoms with Crippen LogP contribution in [-0.2, 0) is 0 Å². The molecule has 24 heavy (non-hydrogen) atoms. The van der Waals surface area contributed by atoms with Crippen molar-refractivity contribution in [2.24, 2.45) is 10.1 Å². The number of hydrogen-bond acceptors (Lipinski definition) is 5. The Balaban J connectivity index is 1.84. The summed E-state index contributed by atoms with van der Waals surface area (Å²) in [6.07, 6.45) is 1.85. The minimum atomic E-state index is 0.716. The number of para-hydroxylation sites is 1.